The molecule has 0 bridgehead atoms. The van der Waals surface area contributed by atoms with E-state index in [9.17, 15) is 4.79 Å². The molecule has 1 aromatic rings. The van der Waals surface area contributed by atoms with Crippen molar-refractivity contribution in [2.75, 3.05) is 18.0 Å². The van der Waals surface area contributed by atoms with Gasteiger partial charge in [-0.15, -0.1) is 0 Å². The van der Waals surface area contributed by atoms with Crippen LogP contribution in [0.15, 0.2) is 18.2 Å². The van der Waals surface area contributed by atoms with Gasteiger partial charge in [0.05, 0.1) is 0 Å². The molecular formula is C16H24N2O. The zero-order chi connectivity index (χ0) is 13.8. The Kier molecular flexibility index (Phi) is 4.59. The van der Waals surface area contributed by atoms with Crippen molar-refractivity contribution >= 4 is 11.6 Å². The molecule has 1 amide bonds. The number of anilines is 1. The van der Waals surface area contributed by atoms with E-state index in [4.69, 9.17) is 0 Å². The Hall–Kier alpha value is -1.35. The van der Waals surface area contributed by atoms with Gasteiger partial charge in [-0.1, -0.05) is 31.5 Å². The molecule has 0 unspecified atom stereocenters. The van der Waals surface area contributed by atoms with Crippen LogP contribution >= 0.6 is 0 Å². The number of amides is 1. The van der Waals surface area contributed by atoms with E-state index in [-0.39, 0.29) is 5.91 Å². The third-order valence-electron chi connectivity index (χ3n) is 3.55. The Morgan fingerprint density at radius 3 is 2.95 bits per heavy atom. The van der Waals surface area contributed by atoms with Crippen LogP contribution in [0.2, 0.25) is 0 Å². The lowest BCUT2D eigenvalue weighted by atomic mass is 9.99. The molecule has 0 fully saturated rings. The van der Waals surface area contributed by atoms with Crippen LogP contribution in [0.1, 0.15) is 37.8 Å². The number of fused-ring (bicyclic) bond motifs is 1. The second-order valence-electron chi connectivity index (χ2n) is 5.64. The van der Waals surface area contributed by atoms with Crippen LogP contribution in [-0.2, 0) is 11.2 Å². The first-order chi connectivity index (χ1) is 9.08. The largest absolute Gasteiger partial charge is 0.314 e. The van der Waals surface area contributed by atoms with Gasteiger partial charge in [0.25, 0.3) is 0 Å². The third kappa shape index (κ3) is 3.57. The minimum absolute atomic E-state index is 0.234. The second kappa shape index (κ2) is 6.20. The van der Waals surface area contributed by atoms with Crippen LogP contribution in [-0.4, -0.2) is 25.0 Å². The third-order valence-corrected chi connectivity index (χ3v) is 3.55. The summed E-state index contributed by atoms with van der Waals surface area (Å²) in [6, 6.07) is 6.83. The molecule has 0 radical (unpaired) electrons. The van der Waals surface area contributed by atoms with Crippen LogP contribution < -0.4 is 10.2 Å². The predicted molar refractivity (Wildman–Crippen MR) is 79.6 cm³/mol. The van der Waals surface area contributed by atoms with Crippen molar-refractivity contribution in [3.63, 3.8) is 0 Å². The molecule has 3 heteroatoms. The summed E-state index contributed by atoms with van der Waals surface area (Å²) in [4.78, 5) is 14.3. The highest BCUT2D eigenvalue weighted by Gasteiger charge is 2.21. The molecule has 0 spiro atoms. The average molecular weight is 260 g/mol. The van der Waals surface area contributed by atoms with E-state index < -0.39 is 0 Å². The molecule has 0 saturated carbocycles. The molecule has 1 aliphatic heterocycles. The van der Waals surface area contributed by atoms with Gasteiger partial charge in [-0.25, -0.2) is 0 Å². The Morgan fingerprint density at radius 2 is 2.21 bits per heavy atom. The highest BCUT2D eigenvalue weighted by molar-refractivity contribution is 5.94. The maximum absolute atomic E-state index is 12.3. The topological polar surface area (TPSA) is 32.3 Å². The number of carbonyl (C=O) groups is 1. The van der Waals surface area contributed by atoms with E-state index in [0.29, 0.717) is 12.5 Å². The quantitative estimate of drug-likeness (QED) is 0.902. The van der Waals surface area contributed by atoms with Crippen molar-refractivity contribution in [2.45, 2.75) is 46.1 Å². The van der Waals surface area contributed by atoms with Crippen molar-refractivity contribution in [1.29, 1.82) is 0 Å². The number of nitrogens with one attached hydrogen (secondary N) is 1. The number of benzene rings is 1. The number of carbonyl (C=O) groups excluding carboxylic acids is 1. The van der Waals surface area contributed by atoms with Gasteiger partial charge in [-0.2, -0.15) is 0 Å². The van der Waals surface area contributed by atoms with Gasteiger partial charge >= 0.3 is 0 Å². The highest BCUT2D eigenvalue weighted by Crippen LogP contribution is 2.28. The summed E-state index contributed by atoms with van der Waals surface area (Å²) in [5, 5.41) is 3.30. The van der Waals surface area contributed by atoms with E-state index in [1.807, 2.05) is 4.90 Å². The van der Waals surface area contributed by atoms with Gasteiger partial charge in [-0.05, 0) is 31.4 Å². The second-order valence-corrected chi connectivity index (χ2v) is 5.64. The van der Waals surface area contributed by atoms with Crippen molar-refractivity contribution in [3.8, 4) is 0 Å². The van der Waals surface area contributed by atoms with Crippen LogP contribution in [0, 0.1) is 6.92 Å². The summed E-state index contributed by atoms with van der Waals surface area (Å²) < 4.78 is 0. The summed E-state index contributed by atoms with van der Waals surface area (Å²) in [5.41, 5.74) is 3.71. The van der Waals surface area contributed by atoms with Gasteiger partial charge in [0.15, 0.2) is 0 Å². The van der Waals surface area contributed by atoms with Crippen molar-refractivity contribution in [2.24, 2.45) is 0 Å². The molecule has 0 atom stereocenters. The summed E-state index contributed by atoms with van der Waals surface area (Å²) in [7, 11) is 0. The van der Waals surface area contributed by atoms with E-state index in [1.54, 1.807) is 0 Å². The van der Waals surface area contributed by atoms with E-state index >= 15 is 0 Å². The molecule has 2 rings (SSSR count). The minimum Gasteiger partial charge on any atom is -0.314 e. The highest BCUT2D eigenvalue weighted by atomic mass is 16.2. The molecule has 0 aliphatic carbocycles. The number of hydrogen-bond donors (Lipinski definition) is 1. The monoisotopic (exact) mass is 260 g/mol. The number of hydrogen-bond acceptors (Lipinski definition) is 2. The van der Waals surface area contributed by atoms with Gasteiger partial charge in [0.2, 0.25) is 5.91 Å². The van der Waals surface area contributed by atoms with Crippen LogP contribution in [0.5, 0.6) is 0 Å². The molecule has 1 N–H and O–H groups in total. The molecule has 1 heterocycles. The fourth-order valence-corrected chi connectivity index (χ4v) is 2.59. The van der Waals surface area contributed by atoms with Crippen molar-refractivity contribution in [3.05, 3.63) is 29.3 Å². The maximum atomic E-state index is 12.3. The van der Waals surface area contributed by atoms with Crippen molar-refractivity contribution < 1.29 is 4.79 Å². The Balaban J connectivity index is 2.04. The Labute approximate surface area is 116 Å². The normalized spacial score (nSPS) is 14.6. The van der Waals surface area contributed by atoms with E-state index in [2.05, 4.69) is 44.3 Å². The number of nitrogens with zero attached hydrogens (tertiary/aromatic N) is 1. The first-order valence-electron chi connectivity index (χ1n) is 7.21. The van der Waals surface area contributed by atoms with Crippen LogP contribution in [0.25, 0.3) is 0 Å². The van der Waals surface area contributed by atoms with Gasteiger partial charge in [0.1, 0.15) is 0 Å². The molecule has 0 aromatic heterocycles. The zero-order valence-corrected chi connectivity index (χ0v) is 12.2. The Bertz CT molecular complexity index is 454. The maximum Gasteiger partial charge on any atom is 0.228 e. The van der Waals surface area contributed by atoms with Gasteiger partial charge in [-0.3, -0.25) is 4.79 Å². The van der Waals surface area contributed by atoms with Crippen LogP contribution in [0.4, 0.5) is 5.69 Å². The summed E-state index contributed by atoms with van der Waals surface area (Å²) in [6.45, 7) is 7.92. The van der Waals surface area contributed by atoms with Crippen molar-refractivity contribution in [1.82, 2.24) is 5.32 Å². The summed E-state index contributed by atoms with van der Waals surface area (Å²) in [5.74, 6) is 0.234. The number of aryl methyl sites for hydroxylation is 2. The van der Waals surface area contributed by atoms with Gasteiger partial charge < -0.3 is 10.2 Å². The first kappa shape index (κ1) is 14.1. The fourth-order valence-electron chi connectivity index (χ4n) is 2.59. The van der Waals surface area contributed by atoms with E-state index in [0.717, 1.165) is 31.6 Å². The SMILES string of the molecule is Cc1ccc2c(c1)CCCN2C(=O)CCNC(C)C. The molecule has 3 nitrogen and oxygen atoms in total. The van der Waals surface area contributed by atoms with E-state index in [1.165, 1.54) is 11.1 Å². The lowest BCUT2D eigenvalue weighted by molar-refractivity contribution is -0.118. The molecular weight excluding hydrogens is 236 g/mol. The smallest absolute Gasteiger partial charge is 0.228 e. The predicted octanol–water partition coefficient (Wildman–Crippen LogP) is 2.66. The lowest BCUT2D eigenvalue weighted by Crippen LogP contribution is -2.37. The molecule has 104 valence electrons. The lowest BCUT2D eigenvalue weighted by Gasteiger charge is -2.30. The fraction of sp³-hybridized carbons (Fsp3) is 0.562. The average Bonchev–Trinajstić information content (AvgIpc) is 2.37. The van der Waals surface area contributed by atoms with Gasteiger partial charge in [0, 0.05) is 31.2 Å². The summed E-state index contributed by atoms with van der Waals surface area (Å²) >= 11 is 0. The number of rotatable bonds is 4. The molecule has 1 aromatic carbocycles. The molecule has 19 heavy (non-hydrogen) atoms. The van der Waals surface area contributed by atoms with Crippen LogP contribution in [0.3, 0.4) is 0 Å². The zero-order valence-electron chi connectivity index (χ0n) is 12.2. The summed E-state index contributed by atoms with van der Waals surface area (Å²) in [6.07, 6.45) is 2.73. The Morgan fingerprint density at radius 1 is 1.42 bits per heavy atom. The molecule has 0 saturated heterocycles. The first-order valence-corrected chi connectivity index (χ1v) is 7.21. The standard InChI is InChI=1S/C16H24N2O/c1-12(2)17-9-8-16(19)18-10-4-5-14-11-13(3)6-7-15(14)18/h6-7,11-12,17H,4-5,8-10H2,1-3H3. The molecule has 1 aliphatic rings. The minimum atomic E-state index is 0.234.